The molecule has 0 amide bonds. The third kappa shape index (κ3) is 2.22. The van der Waals surface area contributed by atoms with E-state index in [-0.39, 0.29) is 18.9 Å². The number of thiophene rings is 1. The van der Waals surface area contributed by atoms with Crippen LogP contribution >= 0.6 is 11.3 Å². The van der Waals surface area contributed by atoms with Crippen LogP contribution in [0.4, 0.5) is 0 Å². The summed E-state index contributed by atoms with van der Waals surface area (Å²) in [5, 5.41) is 3.43. The normalized spacial score (nSPS) is 12.2. The first-order valence-electron chi connectivity index (χ1n) is 2.34. The molecule has 0 saturated heterocycles. The second-order valence-electron chi connectivity index (χ2n) is 1.65. The Bertz CT molecular complexity index is 233. The van der Waals surface area contributed by atoms with Crippen LogP contribution in [-0.4, -0.2) is 8.76 Å². The van der Waals surface area contributed by atoms with Crippen LogP contribution in [0.15, 0.2) is 15.7 Å². The molecule has 0 N–H and O–H groups in total. The van der Waals surface area contributed by atoms with E-state index in [2.05, 4.69) is 0 Å². The molecule has 0 bridgehead atoms. The Labute approximate surface area is 78.1 Å². The van der Waals surface area contributed by atoms with Crippen molar-refractivity contribution < 1.29 is 27.6 Å². The van der Waals surface area contributed by atoms with Gasteiger partial charge in [0.2, 0.25) is 0 Å². The molecule has 0 saturated carbocycles. The summed E-state index contributed by atoms with van der Waals surface area (Å²) in [7, 11) is 0. The average Bonchev–Trinajstić information content (AvgIpc) is 2.13. The maximum atomic E-state index is 10.3. The third-order valence-corrected chi connectivity index (χ3v) is 2.80. The summed E-state index contributed by atoms with van der Waals surface area (Å²) in [4.78, 5) is 0.417. The van der Waals surface area contributed by atoms with E-state index in [0.29, 0.717) is 4.90 Å². The summed E-state index contributed by atoms with van der Waals surface area (Å²) >= 11 is -0.648. The van der Waals surface area contributed by atoms with Crippen LogP contribution in [0.1, 0.15) is 5.56 Å². The molecular weight excluding hydrogens is 163 g/mol. The molecule has 1 rings (SSSR count). The van der Waals surface area contributed by atoms with Gasteiger partial charge in [0.25, 0.3) is 0 Å². The van der Waals surface area contributed by atoms with Crippen molar-refractivity contribution in [2.75, 3.05) is 0 Å². The van der Waals surface area contributed by atoms with Gasteiger partial charge in [-0.05, 0) is 28.9 Å². The van der Waals surface area contributed by atoms with Crippen LogP contribution in [0, 0.1) is 6.92 Å². The van der Waals surface area contributed by atoms with Crippen LogP contribution in [0.2, 0.25) is 0 Å². The molecule has 1 unspecified atom stereocenters. The van der Waals surface area contributed by atoms with Gasteiger partial charge in [-0.25, -0.2) is 0 Å². The maximum Gasteiger partial charge on any atom is 1.00 e. The van der Waals surface area contributed by atoms with E-state index in [4.69, 9.17) is 0 Å². The first kappa shape index (κ1) is 10.4. The van der Waals surface area contributed by atoms with Gasteiger partial charge in [-0.3, -0.25) is 4.21 Å². The van der Waals surface area contributed by atoms with Gasteiger partial charge < -0.3 is 4.55 Å². The van der Waals surface area contributed by atoms with Gasteiger partial charge in [0.15, 0.2) is 0 Å². The second-order valence-corrected chi connectivity index (χ2v) is 3.31. The standard InChI is InChI=1S/C5H6O2S2.Li/c1-4-2-8-3-5(4)9(6)7;/h2-3H,1H3,(H,6,7);/q;+1/p-1. The molecule has 0 aliphatic heterocycles. The zero-order valence-corrected chi connectivity index (χ0v) is 7.42. The first-order valence-corrected chi connectivity index (χ1v) is 4.35. The Morgan fingerprint density at radius 2 is 2.20 bits per heavy atom. The molecule has 5 heteroatoms. The molecule has 0 radical (unpaired) electrons. The maximum absolute atomic E-state index is 10.3. The van der Waals surface area contributed by atoms with Crippen LogP contribution < -0.4 is 18.9 Å². The van der Waals surface area contributed by atoms with Gasteiger partial charge in [-0.1, -0.05) is 0 Å². The average molecular weight is 168 g/mol. The van der Waals surface area contributed by atoms with Crippen molar-refractivity contribution in [2.45, 2.75) is 11.8 Å². The van der Waals surface area contributed by atoms with E-state index in [1.54, 1.807) is 12.3 Å². The van der Waals surface area contributed by atoms with Gasteiger partial charge in [0.05, 0.1) is 0 Å². The van der Waals surface area contributed by atoms with Crippen molar-refractivity contribution in [1.82, 2.24) is 0 Å². The van der Waals surface area contributed by atoms with Crippen LogP contribution in [0.25, 0.3) is 0 Å². The quantitative estimate of drug-likeness (QED) is 0.370. The summed E-state index contributed by atoms with van der Waals surface area (Å²) in [6.45, 7) is 1.78. The number of hydrogen-bond acceptors (Lipinski definition) is 3. The van der Waals surface area contributed by atoms with E-state index in [0.717, 1.165) is 5.56 Å². The van der Waals surface area contributed by atoms with Gasteiger partial charge in [0, 0.05) is 10.3 Å². The van der Waals surface area contributed by atoms with Crippen molar-refractivity contribution in [2.24, 2.45) is 0 Å². The molecule has 10 heavy (non-hydrogen) atoms. The smallest absolute Gasteiger partial charge is 0.768 e. The van der Waals surface area contributed by atoms with Crippen molar-refractivity contribution in [1.29, 1.82) is 0 Å². The predicted molar refractivity (Wildman–Crippen MR) is 36.2 cm³/mol. The van der Waals surface area contributed by atoms with E-state index in [1.165, 1.54) is 11.3 Å². The monoisotopic (exact) mass is 168 g/mol. The molecule has 0 aromatic carbocycles. The third-order valence-electron chi connectivity index (χ3n) is 0.988. The number of hydrogen-bond donors (Lipinski definition) is 0. The van der Waals surface area contributed by atoms with Crippen molar-refractivity contribution in [3.05, 3.63) is 16.3 Å². The van der Waals surface area contributed by atoms with E-state index >= 15 is 0 Å². The van der Waals surface area contributed by atoms with E-state index < -0.39 is 11.1 Å². The molecule has 0 spiro atoms. The summed E-state index contributed by atoms with van der Waals surface area (Å²) in [5.74, 6) is 0. The van der Waals surface area contributed by atoms with Crippen LogP contribution in [0.5, 0.6) is 0 Å². The van der Waals surface area contributed by atoms with E-state index in [9.17, 15) is 8.76 Å². The van der Waals surface area contributed by atoms with Crippen LogP contribution in [-0.2, 0) is 11.1 Å². The molecule has 0 fully saturated rings. The molecule has 1 heterocycles. The minimum absolute atomic E-state index is 0. The Hall–Kier alpha value is 0.407. The molecule has 1 atom stereocenters. The molecule has 50 valence electrons. The fraction of sp³-hybridized carbons (Fsp3) is 0.200. The van der Waals surface area contributed by atoms with Gasteiger partial charge in [-0.15, -0.1) is 0 Å². The Morgan fingerprint density at radius 1 is 1.60 bits per heavy atom. The largest absolute Gasteiger partial charge is 1.00 e. The molecular formula is C5H5LiO2S2. The molecule has 1 aromatic rings. The number of aryl methyl sites for hydroxylation is 1. The number of rotatable bonds is 1. The van der Waals surface area contributed by atoms with Gasteiger partial charge in [-0.2, -0.15) is 11.3 Å². The molecule has 2 nitrogen and oxygen atoms in total. The Balaban J connectivity index is 0.000000810. The summed E-state index contributed by atoms with van der Waals surface area (Å²) in [5.41, 5.74) is 0.827. The topological polar surface area (TPSA) is 40.1 Å². The van der Waals surface area contributed by atoms with Gasteiger partial charge >= 0.3 is 18.9 Å². The Kier molecular flexibility index (Phi) is 4.50. The fourth-order valence-corrected chi connectivity index (χ4v) is 2.11. The minimum atomic E-state index is -2.05. The van der Waals surface area contributed by atoms with Crippen LogP contribution in [0.3, 0.4) is 0 Å². The molecule has 0 aliphatic rings. The first-order chi connectivity index (χ1) is 4.22. The summed E-state index contributed by atoms with van der Waals surface area (Å²) < 4.78 is 20.6. The van der Waals surface area contributed by atoms with E-state index in [1.807, 2.05) is 5.38 Å². The molecule has 0 aliphatic carbocycles. The van der Waals surface area contributed by atoms with Crippen molar-refractivity contribution >= 4 is 22.4 Å². The minimum Gasteiger partial charge on any atom is -0.768 e. The second kappa shape index (κ2) is 4.32. The summed E-state index contributed by atoms with van der Waals surface area (Å²) in [6, 6.07) is 0. The van der Waals surface area contributed by atoms with Crippen molar-refractivity contribution in [3.63, 3.8) is 0 Å². The fourth-order valence-electron chi connectivity index (χ4n) is 0.520. The SMILES string of the molecule is Cc1cscc1S(=O)[O-].[Li+]. The molecule has 1 aromatic heterocycles. The van der Waals surface area contributed by atoms with Crippen molar-refractivity contribution in [3.8, 4) is 0 Å². The zero-order chi connectivity index (χ0) is 6.85. The summed E-state index contributed by atoms with van der Waals surface area (Å²) in [6.07, 6.45) is 0. The zero-order valence-electron chi connectivity index (χ0n) is 5.79. The van der Waals surface area contributed by atoms with Gasteiger partial charge in [0.1, 0.15) is 0 Å². The Morgan fingerprint density at radius 3 is 2.40 bits per heavy atom. The predicted octanol–water partition coefficient (Wildman–Crippen LogP) is -1.70.